The van der Waals surface area contributed by atoms with Gasteiger partial charge in [0.2, 0.25) is 5.91 Å². The molecule has 1 aromatic rings. The highest BCUT2D eigenvalue weighted by Crippen LogP contribution is 2.23. The summed E-state index contributed by atoms with van der Waals surface area (Å²) in [6, 6.07) is 4.89. The van der Waals surface area contributed by atoms with Crippen molar-refractivity contribution in [2.45, 2.75) is 32.9 Å². The van der Waals surface area contributed by atoms with E-state index in [0.29, 0.717) is 12.2 Å². The number of likely N-dealkylation sites (N-methyl/N-ethyl adjacent to an activating group) is 1. The summed E-state index contributed by atoms with van der Waals surface area (Å²) in [4.78, 5) is 12.5. The zero-order valence-electron chi connectivity index (χ0n) is 12.0. The van der Waals surface area contributed by atoms with E-state index >= 15 is 0 Å². The van der Waals surface area contributed by atoms with Gasteiger partial charge in [-0.25, -0.2) is 4.39 Å². The molecule has 0 heterocycles. The SMILES string of the molecule is CN(CC(N)=O)c1c(F)cccc1CNC(C)(C)C. The van der Waals surface area contributed by atoms with E-state index in [1.54, 1.807) is 13.1 Å². The van der Waals surface area contributed by atoms with E-state index in [1.165, 1.54) is 11.0 Å². The topological polar surface area (TPSA) is 58.4 Å². The second-order valence-electron chi connectivity index (χ2n) is 5.67. The Morgan fingerprint density at radius 2 is 2.05 bits per heavy atom. The lowest BCUT2D eigenvalue weighted by atomic mass is 10.1. The molecule has 0 aliphatic rings. The number of nitrogens with one attached hydrogen (secondary N) is 1. The van der Waals surface area contributed by atoms with E-state index in [1.807, 2.05) is 26.8 Å². The standard InChI is InChI=1S/C14H22FN3O/c1-14(2,3)17-8-10-6-5-7-11(15)13(10)18(4)9-12(16)19/h5-7,17H,8-9H2,1-4H3,(H2,16,19). The molecule has 0 atom stereocenters. The van der Waals surface area contributed by atoms with Gasteiger partial charge in [-0.3, -0.25) is 4.79 Å². The third-order valence-electron chi connectivity index (χ3n) is 2.65. The summed E-state index contributed by atoms with van der Waals surface area (Å²) < 4.78 is 13.9. The Kier molecular flexibility index (Phi) is 4.89. The van der Waals surface area contributed by atoms with E-state index in [2.05, 4.69) is 5.32 Å². The summed E-state index contributed by atoms with van der Waals surface area (Å²) in [7, 11) is 1.66. The predicted octanol–water partition coefficient (Wildman–Crippen LogP) is 1.64. The number of hydrogen-bond acceptors (Lipinski definition) is 3. The minimum absolute atomic E-state index is 0.0105. The van der Waals surface area contributed by atoms with Gasteiger partial charge in [-0.15, -0.1) is 0 Å². The summed E-state index contributed by atoms with van der Waals surface area (Å²) in [5, 5.41) is 3.30. The summed E-state index contributed by atoms with van der Waals surface area (Å²) in [6.07, 6.45) is 0. The van der Waals surface area contributed by atoms with Crippen molar-refractivity contribution in [1.29, 1.82) is 0 Å². The average Bonchev–Trinajstić information content (AvgIpc) is 2.24. The number of carbonyl (C=O) groups excluding carboxylic acids is 1. The van der Waals surface area contributed by atoms with E-state index in [0.717, 1.165) is 5.56 Å². The van der Waals surface area contributed by atoms with Crippen LogP contribution in [0.4, 0.5) is 10.1 Å². The van der Waals surface area contributed by atoms with Crippen LogP contribution < -0.4 is 16.0 Å². The van der Waals surface area contributed by atoms with Gasteiger partial charge in [0, 0.05) is 19.1 Å². The molecule has 1 rings (SSSR count). The van der Waals surface area contributed by atoms with Crippen LogP contribution >= 0.6 is 0 Å². The number of rotatable bonds is 5. The van der Waals surface area contributed by atoms with Gasteiger partial charge >= 0.3 is 0 Å². The van der Waals surface area contributed by atoms with Gasteiger partial charge in [0.1, 0.15) is 5.82 Å². The molecule has 0 saturated carbocycles. The monoisotopic (exact) mass is 267 g/mol. The summed E-state index contributed by atoms with van der Waals surface area (Å²) in [5.74, 6) is -0.836. The molecule has 1 amide bonds. The van der Waals surface area contributed by atoms with Crippen LogP contribution in [-0.2, 0) is 11.3 Å². The average molecular weight is 267 g/mol. The van der Waals surface area contributed by atoms with Crippen molar-refractivity contribution in [2.75, 3.05) is 18.5 Å². The van der Waals surface area contributed by atoms with Crippen molar-refractivity contribution in [1.82, 2.24) is 5.32 Å². The minimum Gasteiger partial charge on any atom is -0.368 e. The van der Waals surface area contributed by atoms with Crippen LogP contribution in [0.15, 0.2) is 18.2 Å². The Bertz CT molecular complexity index is 454. The molecular formula is C14H22FN3O. The Labute approximate surface area is 113 Å². The van der Waals surface area contributed by atoms with Crippen LogP contribution in [0.1, 0.15) is 26.3 Å². The number of halogens is 1. The van der Waals surface area contributed by atoms with Crippen LogP contribution in [0.2, 0.25) is 0 Å². The molecule has 0 bridgehead atoms. The fraction of sp³-hybridized carbons (Fsp3) is 0.500. The van der Waals surface area contributed by atoms with Gasteiger partial charge in [0.15, 0.2) is 0 Å². The number of nitrogens with zero attached hydrogens (tertiary/aromatic N) is 1. The van der Waals surface area contributed by atoms with E-state index in [4.69, 9.17) is 5.73 Å². The maximum absolute atomic E-state index is 13.9. The molecule has 19 heavy (non-hydrogen) atoms. The highest BCUT2D eigenvalue weighted by Gasteiger charge is 2.16. The molecule has 0 aliphatic carbocycles. The normalized spacial score (nSPS) is 11.4. The van der Waals surface area contributed by atoms with Crippen molar-refractivity contribution in [2.24, 2.45) is 5.73 Å². The van der Waals surface area contributed by atoms with Crippen molar-refractivity contribution in [3.8, 4) is 0 Å². The third kappa shape index (κ3) is 4.87. The number of nitrogens with two attached hydrogens (primary N) is 1. The van der Waals surface area contributed by atoms with Crippen LogP contribution in [0, 0.1) is 5.82 Å². The zero-order valence-corrected chi connectivity index (χ0v) is 12.0. The molecule has 1 aromatic carbocycles. The molecular weight excluding hydrogens is 245 g/mol. The zero-order chi connectivity index (χ0) is 14.6. The number of benzene rings is 1. The first-order valence-corrected chi connectivity index (χ1v) is 6.22. The van der Waals surface area contributed by atoms with Crippen molar-refractivity contribution >= 4 is 11.6 Å². The maximum atomic E-state index is 13.9. The highest BCUT2D eigenvalue weighted by atomic mass is 19.1. The van der Waals surface area contributed by atoms with Crippen LogP contribution in [0.5, 0.6) is 0 Å². The first-order valence-electron chi connectivity index (χ1n) is 6.22. The number of hydrogen-bond donors (Lipinski definition) is 2. The smallest absolute Gasteiger partial charge is 0.236 e. The van der Waals surface area contributed by atoms with Crippen molar-refractivity contribution in [3.05, 3.63) is 29.6 Å². The summed E-state index contributed by atoms with van der Waals surface area (Å²) in [5.41, 5.74) is 6.31. The van der Waals surface area contributed by atoms with Crippen molar-refractivity contribution < 1.29 is 9.18 Å². The quantitative estimate of drug-likeness (QED) is 0.852. The second-order valence-corrected chi connectivity index (χ2v) is 5.67. The van der Waals surface area contributed by atoms with Crippen LogP contribution in [-0.4, -0.2) is 25.0 Å². The third-order valence-corrected chi connectivity index (χ3v) is 2.65. The summed E-state index contributed by atoms with van der Waals surface area (Å²) in [6.45, 7) is 6.64. The molecule has 0 unspecified atom stereocenters. The lowest BCUT2D eigenvalue weighted by molar-refractivity contribution is -0.116. The molecule has 5 heteroatoms. The van der Waals surface area contributed by atoms with Gasteiger partial charge in [-0.05, 0) is 32.4 Å². The largest absolute Gasteiger partial charge is 0.368 e. The molecule has 0 spiro atoms. The second kappa shape index (κ2) is 6.02. The molecule has 106 valence electrons. The fourth-order valence-electron chi connectivity index (χ4n) is 1.80. The Morgan fingerprint density at radius 1 is 1.42 bits per heavy atom. The van der Waals surface area contributed by atoms with E-state index < -0.39 is 5.91 Å². The maximum Gasteiger partial charge on any atom is 0.236 e. The highest BCUT2D eigenvalue weighted by molar-refractivity contribution is 5.79. The molecule has 0 aliphatic heterocycles. The number of carbonyl (C=O) groups is 1. The Hall–Kier alpha value is -1.62. The van der Waals surface area contributed by atoms with Crippen LogP contribution in [0.3, 0.4) is 0 Å². The molecule has 0 aromatic heterocycles. The minimum atomic E-state index is -0.486. The number of primary amides is 1. The van der Waals surface area contributed by atoms with Gasteiger partial charge < -0.3 is 16.0 Å². The first-order chi connectivity index (χ1) is 8.70. The van der Waals surface area contributed by atoms with Gasteiger partial charge in [-0.2, -0.15) is 0 Å². The lowest BCUT2D eigenvalue weighted by Crippen LogP contribution is -2.36. The molecule has 0 fully saturated rings. The van der Waals surface area contributed by atoms with E-state index in [9.17, 15) is 9.18 Å². The number of para-hydroxylation sites is 1. The van der Waals surface area contributed by atoms with Gasteiger partial charge in [-0.1, -0.05) is 12.1 Å². The predicted molar refractivity (Wildman–Crippen MR) is 75.5 cm³/mol. The van der Waals surface area contributed by atoms with Crippen LogP contribution in [0.25, 0.3) is 0 Å². The van der Waals surface area contributed by atoms with E-state index in [-0.39, 0.29) is 17.9 Å². The first kappa shape index (κ1) is 15.4. The van der Waals surface area contributed by atoms with Crippen molar-refractivity contribution in [3.63, 3.8) is 0 Å². The Balaban J connectivity index is 2.98. The molecule has 3 N–H and O–H groups in total. The van der Waals surface area contributed by atoms with Gasteiger partial charge in [0.05, 0.1) is 12.2 Å². The summed E-state index contributed by atoms with van der Waals surface area (Å²) >= 11 is 0. The molecule has 0 radical (unpaired) electrons. The number of amides is 1. The van der Waals surface area contributed by atoms with Gasteiger partial charge in [0.25, 0.3) is 0 Å². The number of anilines is 1. The Morgan fingerprint density at radius 3 is 2.58 bits per heavy atom. The fourth-order valence-corrected chi connectivity index (χ4v) is 1.80. The lowest BCUT2D eigenvalue weighted by Gasteiger charge is -2.25. The molecule has 4 nitrogen and oxygen atoms in total. The molecule has 0 saturated heterocycles.